The molecule has 1 rings (SSSR count). The van der Waals surface area contributed by atoms with Gasteiger partial charge in [0.05, 0.1) is 7.11 Å². The first-order chi connectivity index (χ1) is 8.49. The number of nitrogens with two attached hydrogens (primary N) is 1. The zero-order valence-corrected chi connectivity index (χ0v) is 12.0. The van der Waals surface area contributed by atoms with Crippen molar-refractivity contribution in [1.29, 1.82) is 0 Å². The maximum atomic E-state index is 11.7. The van der Waals surface area contributed by atoms with E-state index in [9.17, 15) is 9.90 Å². The third-order valence-electron chi connectivity index (χ3n) is 2.53. The highest BCUT2D eigenvalue weighted by molar-refractivity contribution is 9.10. The van der Waals surface area contributed by atoms with Gasteiger partial charge in [0.25, 0.3) is 5.91 Å². The summed E-state index contributed by atoms with van der Waals surface area (Å²) in [5.41, 5.74) is 6.11. The van der Waals surface area contributed by atoms with Gasteiger partial charge in [0.2, 0.25) is 0 Å². The van der Waals surface area contributed by atoms with Crippen LogP contribution in [-0.2, 0) is 11.3 Å². The second kappa shape index (κ2) is 6.72. The molecule has 3 N–H and O–H groups in total. The molecule has 100 valence electrons. The van der Waals surface area contributed by atoms with Gasteiger partial charge in [-0.3, -0.25) is 4.79 Å². The molecule has 1 unspecified atom stereocenters. The van der Waals surface area contributed by atoms with Gasteiger partial charge in [-0.2, -0.15) is 0 Å². The topological polar surface area (TPSA) is 75.8 Å². The van der Waals surface area contributed by atoms with E-state index in [0.29, 0.717) is 12.3 Å². The number of carbonyl (C=O) groups excluding carboxylic acids is 1. The summed E-state index contributed by atoms with van der Waals surface area (Å²) in [4.78, 5) is 13.1. The number of hydrogen-bond donors (Lipinski definition) is 2. The summed E-state index contributed by atoms with van der Waals surface area (Å²) in [6.07, 6.45) is -1.16. The molecule has 0 aliphatic heterocycles. The van der Waals surface area contributed by atoms with Crippen molar-refractivity contribution in [3.63, 3.8) is 0 Å². The van der Waals surface area contributed by atoms with E-state index in [1.165, 1.54) is 4.90 Å². The lowest BCUT2D eigenvalue weighted by Gasteiger charge is -2.21. The molecule has 1 aromatic rings. The molecule has 0 bridgehead atoms. The van der Waals surface area contributed by atoms with Crippen LogP contribution < -0.4 is 10.5 Å². The van der Waals surface area contributed by atoms with Crippen LogP contribution in [0.3, 0.4) is 0 Å². The van der Waals surface area contributed by atoms with E-state index >= 15 is 0 Å². The molecular weight excluding hydrogens is 300 g/mol. The minimum Gasteiger partial charge on any atom is -0.496 e. The fourth-order valence-corrected chi connectivity index (χ4v) is 1.97. The van der Waals surface area contributed by atoms with Crippen molar-refractivity contribution in [2.75, 3.05) is 20.7 Å². The highest BCUT2D eigenvalue weighted by Gasteiger charge is 2.19. The Balaban J connectivity index is 2.83. The molecule has 0 heterocycles. The predicted octanol–water partition coefficient (Wildman–Crippen LogP) is 0.736. The van der Waals surface area contributed by atoms with E-state index in [-0.39, 0.29) is 6.54 Å². The van der Waals surface area contributed by atoms with Crippen LogP contribution in [0.4, 0.5) is 0 Å². The minimum absolute atomic E-state index is 0.0845. The van der Waals surface area contributed by atoms with Crippen molar-refractivity contribution in [3.05, 3.63) is 28.2 Å². The number of aliphatic hydroxyl groups excluding tert-OH is 1. The quantitative estimate of drug-likeness (QED) is 0.840. The molecule has 0 aliphatic carbocycles. The molecule has 0 aromatic heterocycles. The Bertz CT molecular complexity index is 426. The summed E-state index contributed by atoms with van der Waals surface area (Å²) >= 11 is 3.37. The van der Waals surface area contributed by atoms with Crippen molar-refractivity contribution in [3.8, 4) is 5.75 Å². The largest absolute Gasteiger partial charge is 0.496 e. The first-order valence-electron chi connectivity index (χ1n) is 5.45. The average Bonchev–Trinajstić information content (AvgIpc) is 2.37. The zero-order valence-electron chi connectivity index (χ0n) is 10.4. The predicted molar refractivity (Wildman–Crippen MR) is 72.2 cm³/mol. The lowest BCUT2D eigenvalue weighted by Crippen LogP contribution is -2.40. The second-order valence-corrected chi connectivity index (χ2v) is 4.82. The number of likely N-dealkylation sites (N-methyl/N-ethyl adjacent to an activating group) is 1. The van der Waals surface area contributed by atoms with Gasteiger partial charge in [0.15, 0.2) is 0 Å². The van der Waals surface area contributed by atoms with Crippen LogP contribution >= 0.6 is 15.9 Å². The van der Waals surface area contributed by atoms with Crippen LogP contribution in [0.1, 0.15) is 5.56 Å². The smallest absolute Gasteiger partial charge is 0.252 e. The molecule has 0 saturated heterocycles. The fourth-order valence-electron chi connectivity index (χ4n) is 1.56. The molecule has 5 nitrogen and oxygen atoms in total. The number of carbonyl (C=O) groups is 1. The molecule has 1 aromatic carbocycles. The van der Waals surface area contributed by atoms with E-state index in [1.807, 2.05) is 18.2 Å². The van der Waals surface area contributed by atoms with Crippen LogP contribution in [0.25, 0.3) is 0 Å². The van der Waals surface area contributed by atoms with Gasteiger partial charge in [0, 0.05) is 30.2 Å². The van der Waals surface area contributed by atoms with E-state index in [1.54, 1.807) is 14.2 Å². The van der Waals surface area contributed by atoms with E-state index in [2.05, 4.69) is 15.9 Å². The van der Waals surface area contributed by atoms with Crippen LogP contribution in [0.5, 0.6) is 5.75 Å². The highest BCUT2D eigenvalue weighted by Crippen LogP contribution is 2.24. The average molecular weight is 317 g/mol. The third-order valence-corrected chi connectivity index (χ3v) is 3.03. The summed E-state index contributed by atoms with van der Waals surface area (Å²) in [6.45, 7) is 0.261. The Hall–Kier alpha value is -1.11. The Morgan fingerprint density at radius 1 is 1.61 bits per heavy atom. The molecule has 1 atom stereocenters. The van der Waals surface area contributed by atoms with Crippen molar-refractivity contribution in [2.24, 2.45) is 5.73 Å². The second-order valence-electron chi connectivity index (χ2n) is 3.90. The first-order valence-corrected chi connectivity index (χ1v) is 6.24. The molecule has 0 spiro atoms. The molecule has 1 amide bonds. The lowest BCUT2D eigenvalue weighted by atomic mass is 10.2. The minimum atomic E-state index is -1.16. The summed E-state index contributed by atoms with van der Waals surface area (Å²) in [6, 6.07) is 5.55. The maximum absolute atomic E-state index is 11.7. The molecular formula is C12H17BrN2O3. The van der Waals surface area contributed by atoms with Gasteiger partial charge >= 0.3 is 0 Å². The van der Waals surface area contributed by atoms with Crippen LogP contribution in [-0.4, -0.2) is 42.7 Å². The number of rotatable bonds is 5. The normalized spacial score (nSPS) is 12.1. The Labute approximate surface area is 115 Å². The zero-order chi connectivity index (χ0) is 13.7. The van der Waals surface area contributed by atoms with Gasteiger partial charge in [-0.25, -0.2) is 0 Å². The monoisotopic (exact) mass is 316 g/mol. The Kier molecular flexibility index (Phi) is 5.58. The Morgan fingerprint density at radius 2 is 2.28 bits per heavy atom. The van der Waals surface area contributed by atoms with Crippen molar-refractivity contribution in [2.45, 2.75) is 12.6 Å². The standard InChI is InChI=1S/C12H17BrN2O3/c1-15(12(17)10(16)6-14)7-8-5-9(13)3-4-11(8)18-2/h3-5,10,16H,6-7,14H2,1-2H3. The first kappa shape index (κ1) is 14.9. The summed E-state index contributed by atoms with van der Waals surface area (Å²) < 4.78 is 6.12. The van der Waals surface area contributed by atoms with Crippen LogP contribution in [0.15, 0.2) is 22.7 Å². The van der Waals surface area contributed by atoms with Crippen molar-refractivity contribution >= 4 is 21.8 Å². The van der Waals surface area contributed by atoms with Gasteiger partial charge in [-0.05, 0) is 18.2 Å². The number of halogens is 1. The number of hydrogen-bond acceptors (Lipinski definition) is 4. The Morgan fingerprint density at radius 3 is 2.83 bits per heavy atom. The summed E-state index contributed by atoms with van der Waals surface area (Å²) in [7, 11) is 3.19. The van der Waals surface area contributed by atoms with E-state index in [0.717, 1.165) is 10.0 Å². The van der Waals surface area contributed by atoms with Gasteiger partial charge in [-0.15, -0.1) is 0 Å². The number of benzene rings is 1. The molecule has 18 heavy (non-hydrogen) atoms. The highest BCUT2D eigenvalue weighted by atomic mass is 79.9. The number of amides is 1. The molecule has 0 aliphatic rings. The molecule has 0 saturated carbocycles. The summed E-state index contributed by atoms with van der Waals surface area (Å²) in [5, 5.41) is 9.40. The van der Waals surface area contributed by atoms with E-state index in [4.69, 9.17) is 10.5 Å². The SMILES string of the molecule is COc1ccc(Br)cc1CN(C)C(=O)C(O)CN. The maximum Gasteiger partial charge on any atom is 0.252 e. The number of nitrogens with zero attached hydrogens (tertiary/aromatic N) is 1. The third kappa shape index (κ3) is 3.69. The van der Waals surface area contributed by atoms with Gasteiger partial charge < -0.3 is 20.5 Å². The number of aliphatic hydroxyl groups is 1. The van der Waals surface area contributed by atoms with E-state index < -0.39 is 12.0 Å². The number of methoxy groups -OCH3 is 1. The summed E-state index contributed by atoms with van der Waals surface area (Å²) in [5.74, 6) is 0.291. The molecule has 0 fully saturated rings. The van der Waals surface area contributed by atoms with Gasteiger partial charge in [-0.1, -0.05) is 15.9 Å². The van der Waals surface area contributed by atoms with Crippen molar-refractivity contribution in [1.82, 2.24) is 4.90 Å². The van der Waals surface area contributed by atoms with Crippen LogP contribution in [0.2, 0.25) is 0 Å². The van der Waals surface area contributed by atoms with Crippen molar-refractivity contribution < 1.29 is 14.6 Å². The fraction of sp³-hybridized carbons (Fsp3) is 0.417. The molecule has 0 radical (unpaired) electrons. The molecule has 6 heteroatoms. The number of ether oxygens (including phenoxy) is 1. The van der Waals surface area contributed by atoms with Gasteiger partial charge in [0.1, 0.15) is 11.9 Å². The van der Waals surface area contributed by atoms with Crippen LogP contribution in [0, 0.1) is 0 Å². The lowest BCUT2D eigenvalue weighted by molar-refractivity contribution is -0.138.